The molecule has 3 amide bonds. The van der Waals surface area contributed by atoms with Gasteiger partial charge in [-0.15, -0.1) is 0 Å². The molecular weight excluding hydrogens is 566 g/mol. The average molecular weight is 598 g/mol. The predicted molar refractivity (Wildman–Crippen MR) is 155 cm³/mol. The number of carbonyl (C=O) groups is 3. The van der Waals surface area contributed by atoms with Crippen LogP contribution in [0.4, 0.5) is 16.2 Å². The highest BCUT2D eigenvalue weighted by molar-refractivity contribution is 6.32. The van der Waals surface area contributed by atoms with Crippen molar-refractivity contribution in [1.29, 1.82) is 0 Å². The molecule has 4 heterocycles. The van der Waals surface area contributed by atoms with Gasteiger partial charge in [-0.05, 0) is 39.0 Å². The number of nitrogens with one attached hydrogen (secondary N) is 3. The summed E-state index contributed by atoms with van der Waals surface area (Å²) in [6.07, 6.45) is 2.48. The number of anilines is 2. The second-order valence-electron chi connectivity index (χ2n) is 10.8. The third-order valence-corrected chi connectivity index (χ3v) is 6.92. The molecule has 1 atom stereocenters. The minimum atomic E-state index is -0.773. The van der Waals surface area contributed by atoms with Crippen molar-refractivity contribution in [2.24, 2.45) is 0 Å². The summed E-state index contributed by atoms with van der Waals surface area (Å²) in [4.78, 5) is 47.0. The molecule has 13 heteroatoms. The highest BCUT2D eigenvalue weighted by Crippen LogP contribution is 2.43. The number of H-pyrrole nitrogens is 1. The van der Waals surface area contributed by atoms with Crippen LogP contribution in [-0.4, -0.2) is 77.9 Å². The number of aromatic nitrogens is 2. The quantitative estimate of drug-likeness (QED) is 0.363. The van der Waals surface area contributed by atoms with Crippen LogP contribution in [0.15, 0.2) is 36.7 Å². The first-order chi connectivity index (χ1) is 20.1. The summed E-state index contributed by atoms with van der Waals surface area (Å²) < 4.78 is 22.7. The van der Waals surface area contributed by atoms with Gasteiger partial charge in [-0.3, -0.25) is 14.6 Å². The Hall–Kier alpha value is -4.29. The maximum absolute atomic E-state index is 13.9. The fraction of sp³-hybridized carbons (Fsp3) is 0.379. The number of pyridine rings is 1. The molecule has 0 radical (unpaired) electrons. The zero-order chi connectivity index (χ0) is 30.0. The maximum Gasteiger partial charge on any atom is 0.417 e. The van der Waals surface area contributed by atoms with Crippen LogP contribution in [0.3, 0.4) is 0 Å². The highest BCUT2D eigenvalue weighted by Gasteiger charge is 2.37. The maximum atomic E-state index is 13.9. The number of benzene rings is 1. The lowest BCUT2D eigenvalue weighted by Gasteiger charge is -2.29. The van der Waals surface area contributed by atoms with Gasteiger partial charge in [-0.1, -0.05) is 17.7 Å². The van der Waals surface area contributed by atoms with Crippen LogP contribution in [0.2, 0.25) is 5.02 Å². The van der Waals surface area contributed by atoms with E-state index in [1.54, 1.807) is 57.4 Å². The standard InChI is InChI=1S/C29H32ClN5O7/c1-29(2,3)42-28(38)35-11-9-19-23(27(35)37)25(34-20-7-5-6-18(30)26(20)39-4)24(33-19)17-8-10-31-13-21(17)41-14-16-12-32-22(36)15-40-16/h5-8,10,13,16,33-34H,9,11-12,14-15H2,1-4H3,(H,32,36)/t16-/m0/s1. The fourth-order valence-electron chi connectivity index (χ4n) is 4.73. The molecular formula is C29H32ClN5O7. The number of morpholine rings is 1. The molecule has 0 bridgehead atoms. The van der Waals surface area contributed by atoms with Crippen LogP contribution in [0.5, 0.6) is 11.5 Å². The van der Waals surface area contributed by atoms with Gasteiger partial charge in [0.25, 0.3) is 5.91 Å². The molecule has 2 aliphatic heterocycles. The first-order valence-corrected chi connectivity index (χ1v) is 13.8. The number of para-hydroxylation sites is 1. The monoisotopic (exact) mass is 597 g/mol. The van der Waals surface area contributed by atoms with Crippen LogP contribution in [0.1, 0.15) is 36.8 Å². The molecule has 3 aromatic rings. The first kappa shape index (κ1) is 29.2. The molecule has 2 aromatic heterocycles. The SMILES string of the molecule is COc1c(Cl)cccc1Nc1c(-c2ccncc2OC[C@@H]2CNC(=O)CO2)[nH]c2c1C(=O)N(C(=O)OC(C)(C)C)CC2. The lowest BCUT2D eigenvalue weighted by molar-refractivity contribution is -0.134. The van der Waals surface area contributed by atoms with E-state index in [0.29, 0.717) is 57.8 Å². The second kappa shape index (κ2) is 11.9. The molecule has 0 aliphatic carbocycles. The van der Waals surface area contributed by atoms with E-state index in [-0.39, 0.29) is 37.3 Å². The summed E-state index contributed by atoms with van der Waals surface area (Å²) in [7, 11) is 1.50. The van der Waals surface area contributed by atoms with Crippen molar-refractivity contribution in [3.05, 3.63) is 52.9 Å². The number of fused-ring (bicyclic) bond motifs is 1. The van der Waals surface area contributed by atoms with E-state index < -0.39 is 17.6 Å². The molecule has 222 valence electrons. The van der Waals surface area contributed by atoms with Crippen molar-refractivity contribution in [3.63, 3.8) is 0 Å². The highest BCUT2D eigenvalue weighted by atomic mass is 35.5. The van der Waals surface area contributed by atoms with Gasteiger partial charge in [0.05, 0.1) is 41.0 Å². The number of carbonyl (C=O) groups excluding carboxylic acids is 3. The normalized spacial score (nSPS) is 16.9. The molecule has 1 saturated heterocycles. The van der Waals surface area contributed by atoms with E-state index in [4.69, 9.17) is 30.5 Å². The Morgan fingerprint density at radius 2 is 2.07 bits per heavy atom. The van der Waals surface area contributed by atoms with Crippen LogP contribution in [0, 0.1) is 0 Å². The van der Waals surface area contributed by atoms with Crippen molar-refractivity contribution >= 4 is 40.9 Å². The number of imide groups is 1. The molecule has 1 aromatic carbocycles. The molecule has 1 fully saturated rings. The summed E-state index contributed by atoms with van der Waals surface area (Å²) in [6.45, 7) is 5.82. The van der Waals surface area contributed by atoms with E-state index in [2.05, 4.69) is 20.6 Å². The Balaban J connectivity index is 1.56. The summed E-state index contributed by atoms with van der Waals surface area (Å²) in [5.74, 6) is 0.117. The third kappa shape index (κ3) is 6.14. The number of amides is 3. The predicted octanol–water partition coefficient (Wildman–Crippen LogP) is 4.31. The Bertz CT molecular complexity index is 1510. The van der Waals surface area contributed by atoms with Crippen LogP contribution < -0.4 is 20.1 Å². The van der Waals surface area contributed by atoms with E-state index in [0.717, 1.165) is 4.90 Å². The van der Waals surface area contributed by atoms with Gasteiger partial charge in [-0.2, -0.15) is 0 Å². The first-order valence-electron chi connectivity index (χ1n) is 13.4. The molecule has 2 aliphatic rings. The average Bonchev–Trinajstić information content (AvgIpc) is 3.31. The molecule has 0 spiro atoms. The van der Waals surface area contributed by atoms with Crippen LogP contribution >= 0.6 is 11.6 Å². The second-order valence-corrected chi connectivity index (χ2v) is 11.2. The van der Waals surface area contributed by atoms with Gasteiger partial charge >= 0.3 is 6.09 Å². The number of nitrogens with zero attached hydrogens (tertiary/aromatic N) is 2. The lowest BCUT2D eigenvalue weighted by Crippen LogP contribution is -2.45. The van der Waals surface area contributed by atoms with Gasteiger partial charge in [0.15, 0.2) is 5.75 Å². The summed E-state index contributed by atoms with van der Waals surface area (Å²) >= 11 is 6.40. The molecule has 5 rings (SSSR count). The number of aromatic amines is 1. The third-order valence-electron chi connectivity index (χ3n) is 6.62. The summed E-state index contributed by atoms with van der Waals surface area (Å²) in [5, 5.41) is 6.46. The lowest BCUT2D eigenvalue weighted by atomic mass is 10.0. The van der Waals surface area contributed by atoms with E-state index >= 15 is 0 Å². The summed E-state index contributed by atoms with van der Waals surface area (Å²) in [5.41, 5.74) is 2.21. The number of hydrogen-bond donors (Lipinski definition) is 3. The van der Waals surface area contributed by atoms with Crippen molar-refractivity contribution in [2.75, 3.05) is 38.7 Å². The molecule has 3 N–H and O–H groups in total. The van der Waals surface area contributed by atoms with Crippen LogP contribution in [-0.2, 0) is 20.7 Å². The fourth-order valence-corrected chi connectivity index (χ4v) is 4.98. The minimum Gasteiger partial charge on any atom is -0.493 e. The van der Waals surface area contributed by atoms with Crippen molar-refractivity contribution in [1.82, 2.24) is 20.2 Å². The Morgan fingerprint density at radius 3 is 2.79 bits per heavy atom. The smallest absolute Gasteiger partial charge is 0.417 e. The zero-order valence-electron chi connectivity index (χ0n) is 23.7. The number of methoxy groups -OCH3 is 1. The van der Waals surface area contributed by atoms with E-state index in [1.807, 2.05) is 0 Å². The summed E-state index contributed by atoms with van der Waals surface area (Å²) in [6, 6.07) is 6.97. The van der Waals surface area contributed by atoms with Crippen molar-refractivity contribution < 1.29 is 33.3 Å². The Morgan fingerprint density at radius 1 is 1.26 bits per heavy atom. The van der Waals surface area contributed by atoms with Gasteiger partial charge in [0, 0.05) is 37.0 Å². The van der Waals surface area contributed by atoms with Crippen molar-refractivity contribution in [2.45, 2.75) is 38.9 Å². The number of hydrogen-bond acceptors (Lipinski definition) is 9. The minimum absolute atomic E-state index is 0.0386. The molecule has 12 nitrogen and oxygen atoms in total. The number of ether oxygens (including phenoxy) is 4. The Labute approximate surface area is 247 Å². The Kier molecular flexibility index (Phi) is 8.28. The van der Waals surface area contributed by atoms with E-state index in [1.165, 1.54) is 7.11 Å². The topological polar surface area (TPSA) is 144 Å². The van der Waals surface area contributed by atoms with Crippen LogP contribution in [0.25, 0.3) is 11.3 Å². The van der Waals surface area contributed by atoms with Gasteiger partial charge in [-0.25, -0.2) is 9.69 Å². The molecule has 42 heavy (non-hydrogen) atoms. The zero-order valence-corrected chi connectivity index (χ0v) is 24.5. The van der Waals surface area contributed by atoms with E-state index in [9.17, 15) is 14.4 Å². The number of halogens is 1. The molecule has 0 saturated carbocycles. The molecule has 0 unspecified atom stereocenters. The number of rotatable bonds is 7. The van der Waals surface area contributed by atoms with Gasteiger partial charge < -0.3 is 34.6 Å². The van der Waals surface area contributed by atoms with Gasteiger partial charge in [0.2, 0.25) is 5.91 Å². The largest absolute Gasteiger partial charge is 0.493 e. The van der Waals surface area contributed by atoms with Crippen molar-refractivity contribution in [3.8, 4) is 22.8 Å². The van der Waals surface area contributed by atoms with Gasteiger partial charge in [0.1, 0.15) is 30.7 Å².